The number of anilines is 1. The predicted octanol–water partition coefficient (Wildman–Crippen LogP) is 4.86. The van der Waals surface area contributed by atoms with Gasteiger partial charge in [0.05, 0.1) is 12.2 Å². The molecule has 5 nitrogen and oxygen atoms in total. The highest BCUT2D eigenvalue weighted by molar-refractivity contribution is 5.95. The minimum Gasteiger partial charge on any atom is -0.484 e. The van der Waals surface area contributed by atoms with E-state index in [9.17, 15) is 9.59 Å². The van der Waals surface area contributed by atoms with E-state index in [1.54, 1.807) is 31.2 Å². The van der Waals surface area contributed by atoms with E-state index >= 15 is 0 Å². The molecule has 148 valence electrons. The van der Waals surface area contributed by atoms with Crippen LogP contribution in [0, 0.1) is 6.92 Å². The van der Waals surface area contributed by atoms with Crippen molar-refractivity contribution >= 4 is 17.6 Å². The first kappa shape index (κ1) is 20.1. The van der Waals surface area contributed by atoms with Gasteiger partial charge in [0.2, 0.25) is 0 Å². The highest BCUT2D eigenvalue weighted by Gasteiger charge is 2.09. The second kappa shape index (κ2) is 9.55. The Morgan fingerprint density at radius 2 is 1.55 bits per heavy atom. The minimum atomic E-state index is -0.423. The molecule has 3 rings (SSSR count). The van der Waals surface area contributed by atoms with Gasteiger partial charge in [-0.05, 0) is 55.3 Å². The summed E-state index contributed by atoms with van der Waals surface area (Å²) >= 11 is 0. The van der Waals surface area contributed by atoms with Crippen molar-refractivity contribution in [1.29, 1.82) is 0 Å². The van der Waals surface area contributed by atoms with Crippen LogP contribution in [0.3, 0.4) is 0 Å². The molecular weight excluding hydrogens is 366 g/mol. The predicted molar refractivity (Wildman–Crippen MR) is 113 cm³/mol. The normalized spacial score (nSPS) is 10.3. The summed E-state index contributed by atoms with van der Waals surface area (Å²) in [6.07, 6.45) is 0. The van der Waals surface area contributed by atoms with E-state index in [-0.39, 0.29) is 12.5 Å². The number of ether oxygens (including phenoxy) is 2. The molecule has 0 unspecified atom stereocenters. The fraction of sp³-hybridized carbons (Fsp3) is 0.167. The molecule has 0 fully saturated rings. The molecule has 1 N–H and O–H groups in total. The van der Waals surface area contributed by atoms with E-state index in [0.717, 1.165) is 11.1 Å². The van der Waals surface area contributed by atoms with Crippen molar-refractivity contribution in [3.8, 4) is 16.9 Å². The van der Waals surface area contributed by atoms with Gasteiger partial charge in [0.25, 0.3) is 5.91 Å². The van der Waals surface area contributed by atoms with Crippen LogP contribution in [0.4, 0.5) is 5.69 Å². The first-order valence-electron chi connectivity index (χ1n) is 9.42. The number of carbonyl (C=O) groups excluding carboxylic acids is 2. The molecule has 3 aromatic rings. The van der Waals surface area contributed by atoms with Gasteiger partial charge in [-0.3, -0.25) is 4.79 Å². The lowest BCUT2D eigenvalue weighted by atomic mass is 10.0. The zero-order valence-electron chi connectivity index (χ0n) is 16.5. The Morgan fingerprint density at radius 1 is 0.897 bits per heavy atom. The maximum atomic E-state index is 12.2. The highest BCUT2D eigenvalue weighted by atomic mass is 16.5. The van der Waals surface area contributed by atoms with Gasteiger partial charge in [-0.25, -0.2) is 4.79 Å². The number of aryl methyl sites for hydroxylation is 1. The average molecular weight is 389 g/mol. The second-order valence-electron chi connectivity index (χ2n) is 6.53. The molecule has 0 spiro atoms. The van der Waals surface area contributed by atoms with Gasteiger partial charge in [0.15, 0.2) is 6.61 Å². The molecule has 0 aliphatic rings. The maximum absolute atomic E-state index is 12.2. The standard InChI is InChI=1S/C24H23NO4/c1-3-28-24(27)20-5-4-6-21(15-20)25-23(26)16-29-22-13-11-19(12-14-22)18-9-7-17(2)8-10-18/h4-15H,3,16H2,1-2H3,(H,25,26). The quantitative estimate of drug-likeness (QED) is 0.586. The number of carbonyl (C=O) groups is 2. The number of amides is 1. The Morgan fingerprint density at radius 3 is 2.21 bits per heavy atom. The third kappa shape index (κ3) is 5.69. The van der Waals surface area contributed by atoms with Gasteiger partial charge in [0, 0.05) is 5.69 Å². The highest BCUT2D eigenvalue weighted by Crippen LogP contribution is 2.22. The summed E-state index contributed by atoms with van der Waals surface area (Å²) in [4.78, 5) is 23.9. The molecule has 0 heterocycles. The molecule has 0 saturated carbocycles. The Balaban J connectivity index is 1.55. The van der Waals surface area contributed by atoms with Gasteiger partial charge < -0.3 is 14.8 Å². The molecule has 1 amide bonds. The van der Waals surface area contributed by atoms with Gasteiger partial charge in [-0.15, -0.1) is 0 Å². The minimum absolute atomic E-state index is 0.131. The summed E-state index contributed by atoms with van der Waals surface area (Å²) in [6.45, 7) is 3.96. The van der Waals surface area contributed by atoms with Gasteiger partial charge >= 0.3 is 5.97 Å². The van der Waals surface area contributed by atoms with Crippen molar-refractivity contribution in [2.24, 2.45) is 0 Å². The fourth-order valence-electron chi connectivity index (χ4n) is 2.77. The van der Waals surface area contributed by atoms with Gasteiger partial charge in [-0.2, -0.15) is 0 Å². The zero-order chi connectivity index (χ0) is 20.6. The van der Waals surface area contributed by atoms with E-state index in [1.165, 1.54) is 5.56 Å². The molecule has 0 aliphatic carbocycles. The number of hydrogen-bond donors (Lipinski definition) is 1. The largest absolute Gasteiger partial charge is 0.484 e. The van der Waals surface area contributed by atoms with Crippen molar-refractivity contribution in [2.75, 3.05) is 18.5 Å². The summed E-state index contributed by atoms with van der Waals surface area (Å²) in [5, 5.41) is 2.72. The van der Waals surface area contributed by atoms with Crippen LogP contribution >= 0.6 is 0 Å². The molecular formula is C24H23NO4. The van der Waals surface area contributed by atoms with Crippen molar-refractivity contribution in [3.05, 3.63) is 83.9 Å². The van der Waals surface area contributed by atoms with Crippen LogP contribution < -0.4 is 10.1 Å². The van der Waals surface area contributed by atoms with Gasteiger partial charge in [0.1, 0.15) is 5.75 Å². The first-order valence-corrected chi connectivity index (χ1v) is 9.42. The smallest absolute Gasteiger partial charge is 0.338 e. The molecule has 0 saturated heterocycles. The van der Waals surface area contributed by atoms with Crippen molar-refractivity contribution in [2.45, 2.75) is 13.8 Å². The lowest BCUT2D eigenvalue weighted by molar-refractivity contribution is -0.118. The Hall–Kier alpha value is -3.60. The molecule has 29 heavy (non-hydrogen) atoms. The van der Waals surface area contributed by atoms with Crippen LogP contribution in [0.1, 0.15) is 22.8 Å². The SMILES string of the molecule is CCOC(=O)c1cccc(NC(=O)COc2ccc(-c3ccc(C)cc3)cc2)c1. The second-order valence-corrected chi connectivity index (χ2v) is 6.53. The summed E-state index contributed by atoms with van der Waals surface area (Å²) in [5.74, 6) is -0.126. The fourth-order valence-corrected chi connectivity index (χ4v) is 2.77. The summed E-state index contributed by atoms with van der Waals surface area (Å²) in [7, 11) is 0. The third-order valence-electron chi connectivity index (χ3n) is 4.27. The molecule has 0 radical (unpaired) electrons. The van der Waals surface area contributed by atoms with Gasteiger partial charge in [-0.1, -0.05) is 48.0 Å². The number of nitrogens with one attached hydrogen (secondary N) is 1. The van der Waals surface area contributed by atoms with Crippen molar-refractivity contribution in [1.82, 2.24) is 0 Å². The zero-order valence-corrected chi connectivity index (χ0v) is 16.5. The van der Waals surface area contributed by atoms with Crippen molar-refractivity contribution in [3.63, 3.8) is 0 Å². The molecule has 0 aromatic heterocycles. The number of hydrogen-bond acceptors (Lipinski definition) is 4. The number of rotatable bonds is 7. The molecule has 0 aliphatic heterocycles. The number of benzene rings is 3. The lowest BCUT2D eigenvalue weighted by Crippen LogP contribution is -2.20. The Labute approximate surface area is 170 Å². The average Bonchev–Trinajstić information content (AvgIpc) is 2.74. The van der Waals surface area contributed by atoms with E-state index < -0.39 is 5.97 Å². The van der Waals surface area contributed by atoms with E-state index in [0.29, 0.717) is 23.6 Å². The van der Waals surface area contributed by atoms with E-state index in [4.69, 9.17) is 9.47 Å². The number of esters is 1. The van der Waals surface area contributed by atoms with Crippen LogP contribution in [-0.4, -0.2) is 25.1 Å². The molecule has 0 atom stereocenters. The maximum Gasteiger partial charge on any atom is 0.338 e. The van der Waals surface area contributed by atoms with Crippen LogP contribution in [-0.2, 0) is 9.53 Å². The Bertz CT molecular complexity index is 979. The molecule has 5 heteroatoms. The van der Waals surface area contributed by atoms with Crippen LogP contribution in [0.15, 0.2) is 72.8 Å². The van der Waals surface area contributed by atoms with Crippen LogP contribution in [0.5, 0.6) is 5.75 Å². The topological polar surface area (TPSA) is 64.6 Å². The first-order chi connectivity index (χ1) is 14.0. The van der Waals surface area contributed by atoms with Crippen LogP contribution in [0.25, 0.3) is 11.1 Å². The molecule has 0 bridgehead atoms. The third-order valence-corrected chi connectivity index (χ3v) is 4.27. The summed E-state index contributed by atoms with van der Waals surface area (Å²) in [6, 6.07) is 22.5. The summed E-state index contributed by atoms with van der Waals surface area (Å²) < 4.78 is 10.5. The summed E-state index contributed by atoms with van der Waals surface area (Å²) in [5.41, 5.74) is 4.32. The Kier molecular flexibility index (Phi) is 6.63. The monoisotopic (exact) mass is 389 g/mol. The van der Waals surface area contributed by atoms with E-state index in [2.05, 4.69) is 36.5 Å². The van der Waals surface area contributed by atoms with E-state index in [1.807, 2.05) is 24.3 Å². The molecule has 3 aromatic carbocycles. The van der Waals surface area contributed by atoms with Crippen molar-refractivity contribution < 1.29 is 19.1 Å². The van der Waals surface area contributed by atoms with Crippen LogP contribution in [0.2, 0.25) is 0 Å². The lowest BCUT2D eigenvalue weighted by Gasteiger charge is -2.09.